The minimum absolute atomic E-state index is 0.0792. The van der Waals surface area contributed by atoms with Gasteiger partial charge >= 0.3 is 0 Å². The molecule has 1 atom stereocenters. The van der Waals surface area contributed by atoms with Crippen LogP contribution in [0.5, 0.6) is 0 Å². The molecule has 1 fully saturated rings. The van der Waals surface area contributed by atoms with E-state index in [0.717, 1.165) is 19.7 Å². The van der Waals surface area contributed by atoms with Crippen molar-refractivity contribution >= 4 is 5.91 Å². The first-order valence-corrected chi connectivity index (χ1v) is 4.31. The molecule has 3 nitrogen and oxygen atoms in total. The number of nitrogens with zero attached hydrogens (tertiary/aromatic N) is 1. The minimum atomic E-state index is 0.0792. The Hall–Kier alpha value is -0.830. The Morgan fingerprint density at radius 3 is 2.83 bits per heavy atom. The molecule has 1 saturated heterocycles. The Morgan fingerprint density at radius 1 is 1.75 bits per heavy atom. The number of likely N-dealkylation sites (N-methyl/N-ethyl adjacent to an activating group) is 1. The molecule has 3 heteroatoms. The third kappa shape index (κ3) is 2.66. The summed E-state index contributed by atoms with van der Waals surface area (Å²) in [5.74, 6) is 0.0792. The van der Waals surface area contributed by atoms with Crippen LogP contribution in [-0.4, -0.2) is 36.6 Å². The van der Waals surface area contributed by atoms with Gasteiger partial charge in [-0.25, -0.2) is 0 Å². The molecule has 1 heterocycles. The van der Waals surface area contributed by atoms with Gasteiger partial charge in [-0.1, -0.05) is 6.08 Å². The van der Waals surface area contributed by atoms with Crippen LogP contribution in [0, 0.1) is 0 Å². The van der Waals surface area contributed by atoms with Crippen LogP contribution in [0.3, 0.4) is 0 Å². The molecule has 1 aliphatic rings. The summed E-state index contributed by atoms with van der Waals surface area (Å²) in [7, 11) is 0. The molecule has 1 amide bonds. The Kier molecular flexibility index (Phi) is 3.29. The summed E-state index contributed by atoms with van der Waals surface area (Å²) in [6.07, 6.45) is 3.64. The zero-order chi connectivity index (χ0) is 8.97. The largest absolute Gasteiger partial charge is 0.371 e. The van der Waals surface area contributed by atoms with E-state index < -0.39 is 0 Å². The Labute approximate surface area is 73.0 Å². The van der Waals surface area contributed by atoms with Gasteiger partial charge in [0.15, 0.2) is 0 Å². The summed E-state index contributed by atoms with van der Waals surface area (Å²) in [6.45, 7) is 6.12. The second-order valence-corrected chi connectivity index (χ2v) is 2.83. The highest BCUT2D eigenvalue weighted by molar-refractivity contribution is 5.87. The van der Waals surface area contributed by atoms with E-state index in [9.17, 15) is 4.79 Å². The maximum atomic E-state index is 11.3. The van der Waals surface area contributed by atoms with Crippen LogP contribution in [0.2, 0.25) is 0 Å². The topological polar surface area (TPSA) is 32.8 Å². The smallest absolute Gasteiger partial charge is 0.246 e. The van der Waals surface area contributed by atoms with Gasteiger partial charge in [0.05, 0.1) is 12.7 Å². The van der Waals surface area contributed by atoms with Gasteiger partial charge in [-0.3, -0.25) is 4.79 Å². The molecule has 0 aromatic heterocycles. The van der Waals surface area contributed by atoms with Crippen LogP contribution < -0.4 is 0 Å². The standard InChI is InChI=1S/C9H15NO2/c1-3-5-9(11)10(4-2)6-8-7-12-8/h3,5,8H,4,6-7H2,1-2H3/b5-3+. The predicted octanol–water partition coefficient (Wildman–Crippen LogP) is 0.810. The number of hydrogen-bond acceptors (Lipinski definition) is 2. The molecule has 0 saturated carbocycles. The lowest BCUT2D eigenvalue weighted by molar-refractivity contribution is -0.126. The van der Waals surface area contributed by atoms with Crippen LogP contribution >= 0.6 is 0 Å². The van der Waals surface area contributed by atoms with Crippen molar-refractivity contribution in [2.45, 2.75) is 20.0 Å². The van der Waals surface area contributed by atoms with Gasteiger partial charge in [-0.15, -0.1) is 0 Å². The van der Waals surface area contributed by atoms with Crippen molar-refractivity contribution in [2.24, 2.45) is 0 Å². The Bertz CT molecular complexity index is 185. The van der Waals surface area contributed by atoms with E-state index in [4.69, 9.17) is 4.74 Å². The normalized spacial score (nSPS) is 21.3. The van der Waals surface area contributed by atoms with Crippen LogP contribution in [0.25, 0.3) is 0 Å². The fourth-order valence-electron chi connectivity index (χ4n) is 1.04. The van der Waals surface area contributed by atoms with E-state index in [1.165, 1.54) is 0 Å². The molecule has 1 aliphatic heterocycles. The van der Waals surface area contributed by atoms with Crippen molar-refractivity contribution in [2.75, 3.05) is 19.7 Å². The number of carbonyl (C=O) groups is 1. The van der Waals surface area contributed by atoms with Crippen molar-refractivity contribution in [1.82, 2.24) is 4.90 Å². The van der Waals surface area contributed by atoms with Gasteiger partial charge in [0.2, 0.25) is 5.91 Å². The van der Waals surface area contributed by atoms with E-state index in [-0.39, 0.29) is 5.91 Å². The first-order valence-electron chi connectivity index (χ1n) is 4.31. The molecule has 68 valence electrons. The van der Waals surface area contributed by atoms with Crippen molar-refractivity contribution in [3.05, 3.63) is 12.2 Å². The summed E-state index contributed by atoms with van der Waals surface area (Å²) in [6, 6.07) is 0. The third-order valence-electron chi connectivity index (χ3n) is 1.83. The third-order valence-corrected chi connectivity index (χ3v) is 1.83. The number of rotatable bonds is 4. The van der Waals surface area contributed by atoms with E-state index in [1.54, 1.807) is 17.1 Å². The quantitative estimate of drug-likeness (QED) is 0.461. The SMILES string of the molecule is C/C=C/C(=O)N(CC)CC1CO1. The number of hydrogen-bond donors (Lipinski definition) is 0. The number of ether oxygens (including phenoxy) is 1. The van der Waals surface area contributed by atoms with Crippen molar-refractivity contribution in [3.8, 4) is 0 Å². The van der Waals surface area contributed by atoms with Gasteiger partial charge in [0, 0.05) is 13.1 Å². The molecule has 12 heavy (non-hydrogen) atoms. The predicted molar refractivity (Wildman–Crippen MR) is 46.8 cm³/mol. The average molecular weight is 169 g/mol. The van der Waals surface area contributed by atoms with Crippen LogP contribution in [0.1, 0.15) is 13.8 Å². The highest BCUT2D eigenvalue weighted by Gasteiger charge is 2.26. The minimum Gasteiger partial charge on any atom is -0.371 e. The molecule has 0 aliphatic carbocycles. The molecular formula is C9H15NO2. The van der Waals surface area contributed by atoms with Gasteiger partial charge in [0.25, 0.3) is 0 Å². The number of carbonyl (C=O) groups excluding carboxylic acids is 1. The van der Waals surface area contributed by atoms with E-state index in [2.05, 4.69) is 0 Å². The molecule has 0 aromatic carbocycles. The zero-order valence-electron chi connectivity index (χ0n) is 7.62. The maximum absolute atomic E-state index is 11.3. The second-order valence-electron chi connectivity index (χ2n) is 2.83. The fraction of sp³-hybridized carbons (Fsp3) is 0.667. The van der Waals surface area contributed by atoms with Crippen LogP contribution in [-0.2, 0) is 9.53 Å². The molecule has 0 spiro atoms. The van der Waals surface area contributed by atoms with E-state index in [0.29, 0.717) is 6.10 Å². The summed E-state index contributed by atoms with van der Waals surface area (Å²) in [4.78, 5) is 13.1. The molecule has 0 bridgehead atoms. The van der Waals surface area contributed by atoms with Crippen molar-refractivity contribution < 1.29 is 9.53 Å². The van der Waals surface area contributed by atoms with Gasteiger partial charge in [-0.05, 0) is 19.9 Å². The highest BCUT2D eigenvalue weighted by Crippen LogP contribution is 2.10. The molecule has 0 aromatic rings. The second kappa shape index (κ2) is 4.26. The lowest BCUT2D eigenvalue weighted by Crippen LogP contribution is -2.32. The average Bonchev–Trinajstić information content (AvgIpc) is 2.84. The van der Waals surface area contributed by atoms with Gasteiger partial charge in [0.1, 0.15) is 0 Å². The van der Waals surface area contributed by atoms with Crippen molar-refractivity contribution in [1.29, 1.82) is 0 Å². The summed E-state index contributed by atoms with van der Waals surface area (Å²) < 4.78 is 5.05. The van der Waals surface area contributed by atoms with E-state index in [1.807, 2.05) is 13.8 Å². The fourth-order valence-corrected chi connectivity index (χ4v) is 1.04. The lowest BCUT2D eigenvalue weighted by Gasteiger charge is -2.17. The lowest BCUT2D eigenvalue weighted by atomic mass is 10.3. The molecule has 0 N–H and O–H groups in total. The van der Waals surface area contributed by atoms with Crippen LogP contribution in [0.15, 0.2) is 12.2 Å². The number of allylic oxidation sites excluding steroid dienone is 1. The summed E-state index contributed by atoms with van der Waals surface area (Å²) in [5, 5.41) is 0. The first kappa shape index (κ1) is 9.26. The van der Waals surface area contributed by atoms with Crippen LogP contribution in [0.4, 0.5) is 0 Å². The molecule has 1 rings (SSSR count). The Balaban J connectivity index is 2.36. The zero-order valence-corrected chi connectivity index (χ0v) is 7.62. The maximum Gasteiger partial charge on any atom is 0.246 e. The molecule has 1 unspecified atom stereocenters. The Morgan fingerprint density at radius 2 is 2.42 bits per heavy atom. The molecule has 0 radical (unpaired) electrons. The van der Waals surface area contributed by atoms with E-state index >= 15 is 0 Å². The highest BCUT2D eigenvalue weighted by atomic mass is 16.6. The van der Waals surface area contributed by atoms with Gasteiger partial charge < -0.3 is 9.64 Å². The van der Waals surface area contributed by atoms with Crippen molar-refractivity contribution in [3.63, 3.8) is 0 Å². The number of epoxide rings is 1. The van der Waals surface area contributed by atoms with Gasteiger partial charge in [-0.2, -0.15) is 0 Å². The number of amides is 1. The molecular weight excluding hydrogens is 154 g/mol. The monoisotopic (exact) mass is 169 g/mol. The summed E-state index contributed by atoms with van der Waals surface area (Å²) >= 11 is 0. The first-order chi connectivity index (χ1) is 5.77. The summed E-state index contributed by atoms with van der Waals surface area (Å²) in [5.41, 5.74) is 0.